The van der Waals surface area contributed by atoms with E-state index in [0.717, 1.165) is 57.8 Å². The molecule has 59 heavy (non-hydrogen) atoms. The van der Waals surface area contributed by atoms with Crippen LogP contribution in [0.1, 0.15) is 123 Å². The Kier molecular flexibility index (Phi) is 30.0. The van der Waals surface area contributed by atoms with Crippen molar-refractivity contribution in [1.82, 2.24) is 0 Å². The van der Waals surface area contributed by atoms with E-state index >= 15 is 0 Å². The van der Waals surface area contributed by atoms with Gasteiger partial charge in [-0.3, -0.25) is 23.4 Å². The van der Waals surface area contributed by atoms with Crippen LogP contribution in [0, 0.1) is 11.8 Å². The zero-order valence-corrected chi connectivity index (χ0v) is 37.6. The third kappa shape index (κ3) is 29.8. The van der Waals surface area contributed by atoms with Crippen LogP contribution in [0.2, 0.25) is 0 Å². The lowest BCUT2D eigenvalue weighted by Gasteiger charge is -2.24. The second-order valence-electron chi connectivity index (χ2n) is 16.1. The van der Waals surface area contributed by atoms with E-state index in [4.69, 9.17) is 18.5 Å². The van der Waals surface area contributed by atoms with Gasteiger partial charge in [-0.15, -0.1) is 0 Å². The molecule has 0 radical (unpaired) electrons. The molecule has 0 aromatic heterocycles. The molecule has 1 rings (SSSR count). The van der Waals surface area contributed by atoms with E-state index < -0.39 is 44.7 Å². The number of rotatable bonds is 34. The van der Waals surface area contributed by atoms with Gasteiger partial charge >= 0.3 is 19.8 Å². The fourth-order valence-electron chi connectivity index (χ4n) is 6.10. The topological polar surface area (TPSA) is 166 Å². The SMILES string of the molecule is CC/C=C\C/C=C\C/C=C\C/C=C\CCCCC(=O)OC[C@H](COP(=O)(O)OCC[N+](C)(C)C)OC(=O)CCC/C=C\C[C@H]1C(=O)C[C@@H](O)[C@@H]1/C=C/[C@@H](O)CCCCC. The zero-order chi connectivity index (χ0) is 43.8. The maximum atomic E-state index is 12.8. The lowest BCUT2D eigenvalue weighted by atomic mass is 9.90. The Hall–Kier alpha value is -2.96. The number of ketones is 1. The molecule has 0 bridgehead atoms. The van der Waals surface area contributed by atoms with Crippen LogP contribution < -0.4 is 0 Å². The summed E-state index contributed by atoms with van der Waals surface area (Å²) in [4.78, 5) is 48.1. The summed E-state index contributed by atoms with van der Waals surface area (Å²) >= 11 is 0. The fourth-order valence-corrected chi connectivity index (χ4v) is 6.84. The van der Waals surface area contributed by atoms with Gasteiger partial charge < -0.3 is 29.1 Å². The van der Waals surface area contributed by atoms with Gasteiger partial charge in [0.25, 0.3) is 0 Å². The predicted octanol–water partition coefficient (Wildman–Crippen LogP) is 8.83. The summed E-state index contributed by atoms with van der Waals surface area (Å²) in [5, 5.41) is 20.7. The van der Waals surface area contributed by atoms with Crippen molar-refractivity contribution in [3.8, 4) is 0 Å². The Morgan fingerprint density at radius 3 is 2.10 bits per heavy atom. The van der Waals surface area contributed by atoms with Crippen LogP contribution in [-0.2, 0) is 37.5 Å². The lowest BCUT2D eigenvalue weighted by molar-refractivity contribution is -0.870. The van der Waals surface area contributed by atoms with E-state index in [1.807, 2.05) is 33.3 Å². The minimum Gasteiger partial charge on any atom is -0.462 e. The third-order valence-corrected chi connectivity index (χ3v) is 10.6. The van der Waals surface area contributed by atoms with Gasteiger partial charge in [-0.25, -0.2) is 4.57 Å². The quantitative estimate of drug-likeness (QED) is 0.0186. The number of carbonyl (C=O) groups is 3. The number of esters is 2. The van der Waals surface area contributed by atoms with Gasteiger partial charge in [-0.2, -0.15) is 0 Å². The molecule has 0 spiro atoms. The van der Waals surface area contributed by atoms with E-state index in [2.05, 4.69) is 62.5 Å². The molecule has 0 aromatic carbocycles. The number of aliphatic hydroxyl groups is 2. The number of ether oxygens (including phenoxy) is 2. The summed E-state index contributed by atoms with van der Waals surface area (Å²) in [5.41, 5.74) is 0. The summed E-state index contributed by atoms with van der Waals surface area (Å²) in [6, 6.07) is 0. The number of carbonyl (C=O) groups excluding carboxylic acids is 3. The first-order chi connectivity index (χ1) is 28.2. The smallest absolute Gasteiger partial charge is 0.462 e. The first-order valence-corrected chi connectivity index (χ1v) is 23.3. The number of phosphoric ester groups is 1. The Balaban J connectivity index is 2.57. The first-order valence-electron chi connectivity index (χ1n) is 21.8. The molecular weight excluding hydrogens is 773 g/mol. The molecule has 1 aliphatic carbocycles. The summed E-state index contributed by atoms with van der Waals surface area (Å²) < 4.78 is 34.1. The Labute approximate surface area is 355 Å². The Morgan fingerprint density at radius 1 is 0.814 bits per heavy atom. The largest absolute Gasteiger partial charge is 0.472 e. The number of nitrogens with zero attached hydrogens (tertiary/aromatic N) is 1. The molecule has 6 atom stereocenters. The fraction of sp³-hybridized carbons (Fsp3) is 0.674. The number of likely N-dealkylation sites (N-methyl/N-ethyl adjacent to an activating group) is 1. The molecule has 0 aliphatic heterocycles. The number of allylic oxidation sites excluding steroid dienone is 10. The molecule has 0 amide bonds. The molecule has 1 unspecified atom stereocenters. The van der Waals surface area contributed by atoms with Crippen LogP contribution in [0.4, 0.5) is 0 Å². The minimum atomic E-state index is -4.46. The highest BCUT2D eigenvalue weighted by Crippen LogP contribution is 2.43. The molecule has 0 heterocycles. The number of aliphatic hydroxyl groups excluding tert-OH is 2. The highest BCUT2D eigenvalue weighted by atomic mass is 31.2. The first kappa shape index (κ1) is 54.1. The summed E-state index contributed by atoms with van der Waals surface area (Å²) in [7, 11) is 1.27. The van der Waals surface area contributed by atoms with Gasteiger partial charge in [0, 0.05) is 31.1 Å². The number of quaternary nitrogens is 1. The summed E-state index contributed by atoms with van der Waals surface area (Å²) in [6.45, 7) is 3.81. The molecule has 1 saturated carbocycles. The van der Waals surface area contributed by atoms with E-state index in [0.29, 0.717) is 43.1 Å². The van der Waals surface area contributed by atoms with Gasteiger partial charge in [0.15, 0.2) is 6.10 Å². The van der Waals surface area contributed by atoms with E-state index in [9.17, 15) is 34.1 Å². The molecule has 13 heteroatoms. The average Bonchev–Trinajstić information content (AvgIpc) is 3.44. The molecule has 336 valence electrons. The van der Waals surface area contributed by atoms with Crippen LogP contribution in [0.5, 0.6) is 0 Å². The Bertz CT molecular complexity index is 1400. The maximum absolute atomic E-state index is 12.8. The van der Waals surface area contributed by atoms with Gasteiger partial charge in [-0.1, -0.05) is 106 Å². The van der Waals surface area contributed by atoms with Gasteiger partial charge in [0.05, 0.1) is 40.0 Å². The normalized spacial score (nSPS) is 19.9. The standard InChI is InChI=1S/C46H76NO11P/c1-6-8-10-11-12-13-14-15-16-17-18-19-20-21-26-30-45(51)55-37-40(38-57-59(53,54)56-35-34-47(3,4)5)58-46(52)31-27-23-22-25-29-41-42(44(50)36-43(41)49)33-32-39(48)28-24-9-7-2/h8,10,12-13,15-16,18-19,22,25,32-33,39-42,44,48,50H,6-7,9,11,14,17,20-21,23-24,26-31,34-38H2,1-5H3/p+1/b10-8-,13-12-,16-15-,19-18-,25-22-,33-32+/t39-,40+,41+,42+,44+/m0/s1. The molecule has 0 aromatic rings. The number of hydrogen-bond acceptors (Lipinski definition) is 10. The van der Waals surface area contributed by atoms with E-state index in [1.165, 1.54) is 0 Å². The van der Waals surface area contributed by atoms with Crippen LogP contribution in [0.25, 0.3) is 0 Å². The van der Waals surface area contributed by atoms with Crippen molar-refractivity contribution in [3.63, 3.8) is 0 Å². The van der Waals surface area contributed by atoms with Crippen molar-refractivity contribution in [2.24, 2.45) is 11.8 Å². The molecule has 12 nitrogen and oxygen atoms in total. The number of phosphoric acid groups is 1. The van der Waals surface area contributed by atoms with Crippen LogP contribution >= 0.6 is 7.82 Å². The van der Waals surface area contributed by atoms with Gasteiger partial charge in [0.1, 0.15) is 25.5 Å². The highest BCUT2D eigenvalue weighted by Gasteiger charge is 2.39. The van der Waals surface area contributed by atoms with Crippen molar-refractivity contribution in [3.05, 3.63) is 72.9 Å². The lowest BCUT2D eigenvalue weighted by Crippen LogP contribution is -2.37. The minimum absolute atomic E-state index is 0.0113. The number of unbranched alkanes of at least 4 members (excludes halogenated alkanes) is 5. The summed E-state index contributed by atoms with van der Waals surface area (Å²) in [5.74, 6) is -1.80. The molecule has 1 fully saturated rings. The number of Topliss-reactive ketones (excluding diaryl/α,β-unsaturated/α-hetero) is 1. The van der Waals surface area contributed by atoms with Crippen LogP contribution in [0.3, 0.4) is 0 Å². The maximum Gasteiger partial charge on any atom is 0.472 e. The van der Waals surface area contributed by atoms with E-state index in [-0.39, 0.29) is 50.1 Å². The number of hydrogen-bond donors (Lipinski definition) is 3. The van der Waals surface area contributed by atoms with E-state index in [1.54, 1.807) is 12.2 Å². The monoisotopic (exact) mass is 851 g/mol. The van der Waals surface area contributed by atoms with Crippen LogP contribution in [0.15, 0.2) is 72.9 Å². The summed E-state index contributed by atoms with van der Waals surface area (Å²) in [6.07, 6.45) is 33.2. The van der Waals surface area contributed by atoms with Crippen molar-refractivity contribution in [1.29, 1.82) is 0 Å². The van der Waals surface area contributed by atoms with Crippen molar-refractivity contribution < 1.29 is 57.1 Å². The average molecular weight is 851 g/mol. The molecular formula is C46H77NO11P+. The predicted molar refractivity (Wildman–Crippen MR) is 234 cm³/mol. The highest BCUT2D eigenvalue weighted by molar-refractivity contribution is 7.47. The molecule has 0 saturated heterocycles. The van der Waals surface area contributed by atoms with Gasteiger partial charge in [0.2, 0.25) is 0 Å². The van der Waals surface area contributed by atoms with Crippen LogP contribution in [-0.4, -0.2) is 103 Å². The third-order valence-electron chi connectivity index (χ3n) is 9.59. The van der Waals surface area contributed by atoms with Crippen molar-refractivity contribution in [2.75, 3.05) is 47.5 Å². The van der Waals surface area contributed by atoms with Crippen molar-refractivity contribution >= 4 is 25.5 Å². The Morgan fingerprint density at radius 2 is 1.44 bits per heavy atom. The van der Waals surface area contributed by atoms with Crippen molar-refractivity contribution in [2.45, 2.75) is 141 Å². The molecule has 3 N–H and O–H groups in total. The molecule has 1 aliphatic rings. The second-order valence-corrected chi connectivity index (χ2v) is 17.6. The second kappa shape index (κ2) is 32.8. The zero-order valence-electron chi connectivity index (χ0n) is 36.7. The van der Waals surface area contributed by atoms with Gasteiger partial charge in [-0.05, 0) is 70.6 Å².